The molecule has 0 radical (unpaired) electrons. The van der Waals surface area contributed by atoms with Crippen molar-refractivity contribution in [2.45, 2.75) is 6.92 Å². The Kier molecular flexibility index (Phi) is 4.56. The molecule has 2 aromatic carbocycles. The zero-order chi connectivity index (χ0) is 15.2. The molecule has 0 spiro atoms. The van der Waals surface area contributed by atoms with Crippen molar-refractivity contribution in [1.82, 2.24) is 5.32 Å². The van der Waals surface area contributed by atoms with Gasteiger partial charge in [0.15, 0.2) is 0 Å². The summed E-state index contributed by atoms with van der Waals surface area (Å²) in [7, 11) is 0. The second kappa shape index (κ2) is 6.56. The number of carbonyl (C=O) groups is 2. The van der Waals surface area contributed by atoms with Gasteiger partial charge >= 0.3 is 12.0 Å². The Labute approximate surface area is 122 Å². The summed E-state index contributed by atoms with van der Waals surface area (Å²) < 4.78 is 4.74. The monoisotopic (exact) mass is 284 g/mol. The van der Waals surface area contributed by atoms with Crippen molar-refractivity contribution in [2.75, 3.05) is 11.9 Å². The number of urea groups is 1. The van der Waals surface area contributed by atoms with Crippen LogP contribution >= 0.6 is 0 Å². The maximum absolute atomic E-state index is 11.9. The summed E-state index contributed by atoms with van der Waals surface area (Å²) in [5.74, 6) is -0.648. The van der Waals surface area contributed by atoms with Crippen LogP contribution in [-0.2, 0) is 9.53 Å². The molecule has 0 unspecified atom stereocenters. The van der Waals surface area contributed by atoms with Gasteiger partial charge in [-0.1, -0.05) is 43.0 Å². The van der Waals surface area contributed by atoms with E-state index in [9.17, 15) is 9.59 Å². The van der Waals surface area contributed by atoms with Crippen molar-refractivity contribution in [1.29, 1.82) is 0 Å². The van der Waals surface area contributed by atoms with E-state index < -0.39 is 12.0 Å². The van der Waals surface area contributed by atoms with Gasteiger partial charge in [-0.25, -0.2) is 9.59 Å². The second-order valence-electron chi connectivity index (χ2n) is 4.30. The van der Waals surface area contributed by atoms with Crippen molar-refractivity contribution in [2.24, 2.45) is 0 Å². The van der Waals surface area contributed by atoms with E-state index in [0.717, 1.165) is 10.8 Å². The number of rotatable bonds is 4. The topological polar surface area (TPSA) is 67.4 Å². The van der Waals surface area contributed by atoms with E-state index in [2.05, 4.69) is 17.2 Å². The first-order valence-corrected chi connectivity index (χ1v) is 6.53. The van der Waals surface area contributed by atoms with E-state index in [4.69, 9.17) is 4.74 Å². The highest BCUT2D eigenvalue weighted by atomic mass is 16.5. The molecule has 0 aromatic heterocycles. The van der Waals surface area contributed by atoms with Crippen molar-refractivity contribution in [3.05, 3.63) is 54.7 Å². The van der Waals surface area contributed by atoms with Gasteiger partial charge in [0, 0.05) is 5.39 Å². The van der Waals surface area contributed by atoms with Gasteiger partial charge in [-0.05, 0) is 18.4 Å². The van der Waals surface area contributed by atoms with Crippen molar-refractivity contribution >= 4 is 28.5 Å². The Morgan fingerprint density at radius 2 is 1.86 bits per heavy atom. The highest BCUT2D eigenvalue weighted by molar-refractivity contribution is 6.03. The molecule has 0 fully saturated rings. The summed E-state index contributed by atoms with van der Waals surface area (Å²) in [6, 6.07) is 12.7. The Morgan fingerprint density at radius 1 is 1.14 bits per heavy atom. The number of fused-ring (bicyclic) bond motifs is 1. The molecule has 2 rings (SSSR count). The fourth-order valence-corrected chi connectivity index (χ4v) is 1.89. The molecule has 0 aliphatic heterocycles. The summed E-state index contributed by atoms with van der Waals surface area (Å²) in [4.78, 5) is 23.3. The number of esters is 1. The average Bonchev–Trinajstić information content (AvgIpc) is 2.47. The van der Waals surface area contributed by atoms with Crippen LogP contribution in [0.3, 0.4) is 0 Å². The second-order valence-corrected chi connectivity index (χ2v) is 4.30. The zero-order valence-corrected chi connectivity index (χ0v) is 11.7. The fraction of sp³-hybridized carbons (Fsp3) is 0.125. The molecule has 5 nitrogen and oxygen atoms in total. The number of amides is 2. The van der Waals surface area contributed by atoms with Gasteiger partial charge in [-0.3, -0.25) is 0 Å². The van der Waals surface area contributed by atoms with Gasteiger partial charge < -0.3 is 15.4 Å². The molecule has 0 atom stereocenters. The molecule has 2 amide bonds. The molecule has 0 aliphatic rings. The van der Waals surface area contributed by atoms with Gasteiger partial charge in [0.05, 0.1) is 12.3 Å². The van der Waals surface area contributed by atoms with Crippen LogP contribution in [0.1, 0.15) is 6.92 Å². The number of carbonyl (C=O) groups excluding carboxylic acids is 2. The van der Waals surface area contributed by atoms with E-state index in [-0.39, 0.29) is 12.3 Å². The molecule has 108 valence electrons. The lowest BCUT2D eigenvalue weighted by atomic mass is 10.1. The van der Waals surface area contributed by atoms with Gasteiger partial charge in [0.25, 0.3) is 0 Å². The van der Waals surface area contributed by atoms with Crippen molar-refractivity contribution in [3.8, 4) is 0 Å². The summed E-state index contributed by atoms with van der Waals surface area (Å²) in [5, 5.41) is 6.98. The van der Waals surface area contributed by atoms with E-state index in [1.54, 1.807) is 13.0 Å². The van der Waals surface area contributed by atoms with Gasteiger partial charge in [-0.2, -0.15) is 0 Å². The molecule has 0 saturated carbocycles. The fourth-order valence-electron chi connectivity index (χ4n) is 1.89. The summed E-state index contributed by atoms with van der Waals surface area (Å²) in [6.45, 7) is 5.38. The third-order valence-electron chi connectivity index (χ3n) is 2.82. The van der Waals surface area contributed by atoms with Crippen molar-refractivity contribution in [3.63, 3.8) is 0 Å². The van der Waals surface area contributed by atoms with E-state index >= 15 is 0 Å². The van der Waals surface area contributed by atoms with Crippen LogP contribution < -0.4 is 10.6 Å². The average molecular weight is 284 g/mol. The van der Waals surface area contributed by atoms with Crippen LogP contribution in [0.25, 0.3) is 10.8 Å². The molecule has 21 heavy (non-hydrogen) atoms. The SMILES string of the molecule is C=C(NC(=O)Nc1cccc2ccccc12)C(=O)OCC. The quantitative estimate of drug-likeness (QED) is 0.670. The molecular formula is C16H16N2O3. The third kappa shape index (κ3) is 3.60. The summed E-state index contributed by atoms with van der Waals surface area (Å²) >= 11 is 0. The van der Waals surface area contributed by atoms with Gasteiger partial charge in [-0.15, -0.1) is 0 Å². The maximum atomic E-state index is 11.9. The lowest BCUT2D eigenvalue weighted by Crippen LogP contribution is -2.31. The minimum Gasteiger partial charge on any atom is -0.461 e. The third-order valence-corrected chi connectivity index (χ3v) is 2.82. The van der Waals surface area contributed by atoms with Gasteiger partial charge in [0.2, 0.25) is 0 Å². The van der Waals surface area contributed by atoms with Crippen LogP contribution in [0, 0.1) is 0 Å². The van der Waals surface area contributed by atoms with Crippen LogP contribution in [0.2, 0.25) is 0 Å². The molecule has 0 saturated heterocycles. The Balaban J connectivity index is 2.08. The standard InChI is InChI=1S/C16H16N2O3/c1-3-21-15(19)11(2)17-16(20)18-14-10-6-8-12-7-4-5-9-13(12)14/h4-10H,2-3H2,1H3,(H2,17,18,20). The molecule has 2 N–H and O–H groups in total. The Hall–Kier alpha value is -2.82. The first-order valence-electron chi connectivity index (χ1n) is 6.53. The highest BCUT2D eigenvalue weighted by Gasteiger charge is 2.12. The highest BCUT2D eigenvalue weighted by Crippen LogP contribution is 2.22. The Bertz CT molecular complexity index is 689. The molecule has 5 heteroatoms. The first-order chi connectivity index (χ1) is 10.1. The van der Waals surface area contributed by atoms with Crippen molar-refractivity contribution < 1.29 is 14.3 Å². The van der Waals surface area contributed by atoms with E-state index in [1.165, 1.54) is 0 Å². The molecule has 0 heterocycles. The normalized spacial score (nSPS) is 9.95. The number of anilines is 1. The predicted octanol–water partition coefficient (Wildman–Crippen LogP) is 3.04. The molecule has 0 aliphatic carbocycles. The number of ether oxygens (including phenoxy) is 1. The minimum atomic E-state index is -0.648. The minimum absolute atomic E-state index is 0.102. The summed E-state index contributed by atoms with van der Waals surface area (Å²) in [6.07, 6.45) is 0. The number of nitrogens with one attached hydrogen (secondary N) is 2. The van der Waals surface area contributed by atoms with Crippen LogP contribution in [-0.4, -0.2) is 18.6 Å². The smallest absolute Gasteiger partial charge is 0.354 e. The van der Waals surface area contributed by atoms with E-state index in [1.807, 2.05) is 36.4 Å². The molecule has 0 bridgehead atoms. The molecular weight excluding hydrogens is 268 g/mol. The predicted molar refractivity (Wildman–Crippen MR) is 81.9 cm³/mol. The Morgan fingerprint density at radius 3 is 2.62 bits per heavy atom. The van der Waals surface area contributed by atoms with Crippen LogP contribution in [0.4, 0.5) is 10.5 Å². The van der Waals surface area contributed by atoms with Crippen LogP contribution in [0.5, 0.6) is 0 Å². The number of hydrogen-bond acceptors (Lipinski definition) is 3. The largest absolute Gasteiger partial charge is 0.461 e. The van der Waals surface area contributed by atoms with E-state index in [0.29, 0.717) is 5.69 Å². The maximum Gasteiger partial charge on any atom is 0.354 e. The van der Waals surface area contributed by atoms with Gasteiger partial charge in [0.1, 0.15) is 5.70 Å². The zero-order valence-electron chi connectivity index (χ0n) is 11.7. The number of benzene rings is 2. The lowest BCUT2D eigenvalue weighted by Gasteiger charge is -2.11. The summed E-state index contributed by atoms with van der Waals surface area (Å²) in [5.41, 5.74) is 0.553. The first kappa shape index (κ1) is 14.6. The number of hydrogen-bond donors (Lipinski definition) is 2. The lowest BCUT2D eigenvalue weighted by molar-refractivity contribution is -0.138. The van der Waals surface area contributed by atoms with Crippen LogP contribution in [0.15, 0.2) is 54.7 Å². The molecule has 2 aromatic rings.